The molecule has 0 saturated heterocycles. The van der Waals surface area contributed by atoms with Gasteiger partial charge < -0.3 is 4.74 Å². The molecule has 2 nitrogen and oxygen atoms in total. The number of pyridine rings is 1. The SMILES string of the molecule is COc1ccc2ncc(I)c(Br)c2c1. The van der Waals surface area contributed by atoms with Crippen LogP contribution < -0.4 is 4.74 Å². The minimum Gasteiger partial charge on any atom is -0.497 e. The number of fused-ring (bicyclic) bond motifs is 1. The third kappa shape index (κ3) is 1.72. The van der Waals surface area contributed by atoms with Crippen molar-refractivity contribution < 1.29 is 4.74 Å². The highest BCUT2D eigenvalue weighted by Gasteiger charge is 2.04. The Kier molecular flexibility index (Phi) is 2.92. The molecular weight excluding hydrogens is 357 g/mol. The Balaban J connectivity index is 2.78. The molecule has 1 aromatic carbocycles. The van der Waals surface area contributed by atoms with Gasteiger partial charge in [-0.2, -0.15) is 0 Å². The van der Waals surface area contributed by atoms with Gasteiger partial charge in [-0.1, -0.05) is 0 Å². The zero-order chi connectivity index (χ0) is 10.1. The van der Waals surface area contributed by atoms with Crippen LogP contribution in [0.2, 0.25) is 0 Å². The molecule has 0 radical (unpaired) electrons. The lowest BCUT2D eigenvalue weighted by atomic mass is 10.2. The lowest BCUT2D eigenvalue weighted by Crippen LogP contribution is -1.86. The number of nitrogens with zero attached hydrogens (tertiary/aromatic N) is 1. The Bertz CT molecular complexity index is 487. The second kappa shape index (κ2) is 4.02. The van der Waals surface area contributed by atoms with E-state index in [-0.39, 0.29) is 0 Å². The van der Waals surface area contributed by atoms with Gasteiger partial charge in [-0.3, -0.25) is 4.98 Å². The summed E-state index contributed by atoms with van der Waals surface area (Å²) in [7, 11) is 1.66. The smallest absolute Gasteiger partial charge is 0.119 e. The first-order valence-electron chi connectivity index (χ1n) is 4.00. The van der Waals surface area contributed by atoms with E-state index < -0.39 is 0 Å². The summed E-state index contributed by atoms with van der Waals surface area (Å²) in [5.41, 5.74) is 0.970. The third-order valence-corrected chi connectivity index (χ3v) is 4.38. The Morgan fingerprint density at radius 1 is 1.43 bits per heavy atom. The third-order valence-electron chi connectivity index (χ3n) is 1.97. The molecule has 1 aromatic heterocycles. The molecule has 0 aliphatic rings. The molecule has 0 bridgehead atoms. The number of methoxy groups -OCH3 is 1. The zero-order valence-electron chi connectivity index (χ0n) is 7.42. The van der Waals surface area contributed by atoms with E-state index in [2.05, 4.69) is 43.5 Å². The maximum atomic E-state index is 5.17. The average molecular weight is 364 g/mol. The van der Waals surface area contributed by atoms with Crippen LogP contribution in [0.5, 0.6) is 5.75 Å². The molecule has 0 unspecified atom stereocenters. The van der Waals surface area contributed by atoms with Crippen molar-refractivity contribution in [1.29, 1.82) is 0 Å². The first kappa shape index (κ1) is 10.2. The Hall–Kier alpha value is -0.360. The van der Waals surface area contributed by atoms with E-state index in [1.54, 1.807) is 7.11 Å². The maximum Gasteiger partial charge on any atom is 0.119 e. The van der Waals surface area contributed by atoms with Crippen molar-refractivity contribution in [3.63, 3.8) is 0 Å². The van der Waals surface area contributed by atoms with E-state index >= 15 is 0 Å². The summed E-state index contributed by atoms with van der Waals surface area (Å²) in [4.78, 5) is 4.32. The minimum atomic E-state index is 0.849. The molecule has 0 atom stereocenters. The molecule has 2 rings (SSSR count). The lowest BCUT2D eigenvalue weighted by Gasteiger charge is -2.04. The molecule has 72 valence electrons. The van der Waals surface area contributed by atoms with Crippen LogP contribution in [0.4, 0.5) is 0 Å². The van der Waals surface area contributed by atoms with Crippen molar-refractivity contribution in [3.8, 4) is 5.75 Å². The van der Waals surface area contributed by atoms with Crippen LogP contribution in [0.15, 0.2) is 28.9 Å². The van der Waals surface area contributed by atoms with Gasteiger partial charge in [0, 0.05) is 19.6 Å². The van der Waals surface area contributed by atoms with Crippen LogP contribution in [-0.2, 0) is 0 Å². The molecule has 2 aromatic rings. The quantitative estimate of drug-likeness (QED) is 0.722. The van der Waals surface area contributed by atoms with Gasteiger partial charge in [0.2, 0.25) is 0 Å². The van der Waals surface area contributed by atoms with Gasteiger partial charge in [0.15, 0.2) is 0 Å². The first-order chi connectivity index (χ1) is 6.72. The van der Waals surface area contributed by atoms with Crippen molar-refractivity contribution in [2.45, 2.75) is 0 Å². The summed E-state index contributed by atoms with van der Waals surface area (Å²) in [5.74, 6) is 0.849. The number of ether oxygens (including phenoxy) is 1. The molecule has 0 aliphatic carbocycles. The largest absolute Gasteiger partial charge is 0.497 e. The van der Waals surface area contributed by atoms with Crippen molar-refractivity contribution in [2.24, 2.45) is 0 Å². The number of benzene rings is 1. The van der Waals surface area contributed by atoms with Gasteiger partial charge in [0.05, 0.1) is 12.6 Å². The van der Waals surface area contributed by atoms with Crippen LogP contribution in [0.25, 0.3) is 10.9 Å². The summed E-state index contributed by atoms with van der Waals surface area (Å²) in [6.07, 6.45) is 1.85. The average Bonchev–Trinajstić information content (AvgIpc) is 2.23. The van der Waals surface area contributed by atoms with Gasteiger partial charge >= 0.3 is 0 Å². The molecule has 0 N–H and O–H groups in total. The van der Waals surface area contributed by atoms with Crippen LogP contribution in [0.3, 0.4) is 0 Å². The van der Waals surface area contributed by atoms with Crippen LogP contribution in [-0.4, -0.2) is 12.1 Å². The number of aromatic nitrogens is 1. The standard InChI is InChI=1S/C10H7BrINO/c1-14-6-2-3-9-7(4-6)10(11)8(12)5-13-9/h2-5H,1H3. The summed E-state index contributed by atoms with van der Waals surface area (Å²) < 4.78 is 7.34. The lowest BCUT2D eigenvalue weighted by molar-refractivity contribution is 0.415. The second-order valence-electron chi connectivity index (χ2n) is 2.80. The second-order valence-corrected chi connectivity index (χ2v) is 4.76. The van der Waals surface area contributed by atoms with E-state index in [4.69, 9.17) is 4.74 Å². The monoisotopic (exact) mass is 363 g/mol. The van der Waals surface area contributed by atoms with E-state index in [9.17, 15) is 0 Å². The molecule has 4 heteroatoms. The maximum absolute atomic E-state index is 5.17. The number of halogens is 2. The molecule has 14 heavy (non-hydrogen) atoms. The Morgan fingerprint density at radius 3 is 2.93 bits per heavy atom. The van der Waals surface area contributed by atoms with Crippen LogP contribution in [0, 0.1) is 3.57 Å². The molecule has 1 heterocycles. The topological polar surface area (TPSA) is 22.1 Å². The molecule has 0 fully saturated rings. The number of hydrogen-bond acceptors (Lipinski definition) is 2. The molecular formula is C10H7BrINO. The van der Waals surface area contributed by atoms with Crippen molar-refractivity contribution in [1.82, 2.24) is 4.98 Å². The van der Waals surface area contributed by atoms with Crippen molar-refractivity contribution >= 4 is 49.4 Å². The van der Waals surface area contributed by atoms with Gasteiger partial charge in [-0.25, -0.2) is 0 Å². The molecule has 0 aliphatic heterocycles. The fourth-order valence-corrected chi connectivity index (χ4v) is 2.09. The minimum absolute atomic E-state index is 0.849. The van der Waals surface area contributed by atoms with Crippen molar-refractivity contribution in [3.05, 3.63) is 32.4 Å². The van der Waals surface area contributed by atoms with Gasteiger partial charge in [-0.05, 0) is 56.7 Å². The van der Waals surface area contributed by atoms with Gasteiger partial charge in [0.25, 0.3) is 0 Å². The normalized spacial score (nSPS) is 10.5. The molecule has 0 saturated carbocycles. The van der Waals surface area contributed by atoms with Crippen molar-refractivity contribution in [2.75, 3.05) is 7.11 Å². The number of hydrogen-bond donors (Lipinski definition) is 0. The van der Waals surface area contributed by atoms with Gasteiger partial charge in [-0.15, -0.1) is 0 Å². The highest BCUT2D eigenvalue weighted by molar-refractivity contribution is 14.1. The highest BCUT2D eigenvalue weighted by Crippen LogP contribution is 2.29. The summed E-state index contributed by atoms with van der Waals surface area (Å²) in [6, 6.07) is 5.85. The molecule has 0 spiro atoms. The van der Waals surface area contributed by atoms with Crippen LogP contribution >= 0.6 is 38.5 Å². The zero-order valence-corrected chi connectivity index (χ0v) is 11.2. The summed E-state index contributed by atoms with van der Waals surface area (Å²) in [5, 5.41) is 1.08. The van der Waals surface area contributed by atoms with Crippen LogP contribution in [0.1, 0.15) is 0 Å². The Morgan fingerprint density at radius 2 is 2.21 bits per heavy atom. The fourth-order valence-electron chi connectivity index (χ4n) is 1.24. The predicted octanol–water partition coefficient (Wildman–Crippen LogP) is 3.61. The predicted molar refractivity (Wildman–Crippen MR) is 68.7 cm³/mol. The number of rotatable bonds is 1. The fraction of sp³-hybridized carbons (Fsp3) is 0.100. The first-order valence-corrected chi connectivity index (χ1v) is 5.87. The van der Waals surface area contributed by atoms with E-state index in [0.717, 1.165) is 24.7 Å². The summed E-state index contributed by atoms with van der Waals surface area (Å²) in [6.45, 7) is 0. The highest BCUT2D eigenvalue weighted by atomic mass is 127. The molecule has 0 amide bonds. The van der Waals surface area contributed by atoms with E-state index in [1.165, 1.54) is 0 Å². The van der Waals surface area contributed by atoms with Gasteiger partial charge in [0.1, 0.15) is 5.75 Å². The summed E-state index contributed by atoms with van der Waals surface area (Å²) >= 11 is 5.79. The van der Waals surface area contributed by atoms with E-state index in [1.807, 2.05) is 24.4 Å². The Labute approximate surface area is 104 Å². The van der Waals surface area contributed by atoms with E-state index in [0.29, 0.717) is 0 Å².